The van der Waals surface area contributed by atoms with Gasteiger partial charge in [0.2, 0.25) is 0 Å². The highest BCUT2D eigenvalue weighted by Gasteiger charge is 2.04. The molecule has 4 nitrogen and oxygen atoms in total. The minimum absolute atomic E-state index is 0.111. The second-order valence-corrected chi connectivity index (χ2v) is 2.61. The van der Waals surface area contributed by atoms with E-state index in [4.69, 9.17) is 4.74 Å². The summed E-state index contributed by atoms with van der Waals surface area (Å²) < 4.78 is 5.22. The molecule has 0 aromatic carbocycles. The Morgan fingerprint density at radius 3 is 2.42 bits per heavy atom. The van der Waals surface area contributed by atoms with Crippen molar-refractivity contribution in [2.45, 2.75) is 26.4 Å². The highest BCUT2D eigenvalue weighted by Crippen LogP contribution is 1.91. The minimum Gasteiger partial charge on any atom is -0.376 e. The smallest absolute Gasteiger partial charge is 0.355 e. The Kier molecular flexibility index (Phi) is 6.70. The predicted molar refractivity (Wildman–Crippen MR) is 44.3 cm³/mol. The first-order valence-electron chi connectivity index (χ1n) is 4.19. The minimum atomic E-state index is -0.995. The number of carbonyl (C=O) groups excluding carboxylic acids is 1. The van der Waals surface area contributed by atoms with Crippen LogP contribution in [0.2, 0.25) is 0 Å². The first-order valence-corrected chi connectivity index (χ1v) is 4.19. The van der Waals surface area contributed by atoms with Crippen molar-refractivity contribution in [3.8, 4) is 0 Å². The highest BCUT2D eigenvalue weighted by atomic mass is 16.5. The monoisotopic (exact) mass is 174 g/mol. The molecule has 12 heavy (non-hydrogen) atoms. The largest absolute Gasteiger partial charge is 0.376 e. The molecule has 0 aromatic rings. The van der Waals surface area contributed by atoms with Gasteiger partial charge in [-0.2, -0.15) is 0 Å². The number of ether oxygens (including phenoxy) is 1. The third-order valence-electron chi connectivity index (χ3n) is 1.40. The zero-order valence-corrected chi connectivity index (χ0v) is 7.63. The molecular weight excluding hydrogens is 158 g/mol. The van der Waals surface area contributed by atoms with Gasteiger partial charge in [0.15, 0.2) is 0 Å². The zero-order chi connectivity index (χ0) is 9.40. The molecule has 0 aromatic heterocycles. The topological polar surface area (TPSA) is 58.2 Å². The van der Waals surface area contributed by atoms with Crippen LogP contribution >= 0.6 is 0 Å². The number of nitrogens with one attached hydrogen (secondary N) is 1. The third kappa shape index (κ3) is 7.50. The van der Waals surface area contributed by atoms with Crippen LogP contribution in [0.25, 0.3) is 0 Å². The summed E-state index contributed by atoms with van der Waals surface area (Å²) in [5, 5.41) is 12.5. The second kappa shape index (κ2) is 7.06. The van der Waals surface area contributed by atoms with Crippen molar-refractivity contribution in [3.05, 3.63) is 0 Å². The lowest BCUT2D eigenvalue weighted by atomic mass is 10.3. The van der Waals surface area contributed by atoms with Crippen LogP contribution < -0.4 is 5.32 Å². The molecule has 1 atom stereocenters. The van der Waals surface area contributed by atoms with Crippen molar-refractivity contribution in [3.63, 3.8) is 0 Å². The maximum atomic E-state index is 9.26. The SMILES string of the molecule is CCC([O])=O.C[C@H]1CNCCO1. The molecule has 1 N–H and O–H groups in total. The number of morpholine rings is 1. The van der Waals surface area contributed by atoms with Gasteiger partial charge in [0.25, 0.3) is 0 Å². The van der Waals surface area contributed by atoms with Crippen LogP contribution in [0.15, 0.2) is 0 Å². The van der Waals surface area contributed by atoms with Crippen LogP contribution in [0.4, 0.5) is 0 Å². The van der Waals surface area contributed by atoms with Gasteiger partial charge in [0, 0.05) is 19.5 Å². The molecule has 0 saturated carbocycles. The average Bonchev–Trinajstić information content (AvgIpc) is 2.07. The molecule has 0 spiro atoms. The van der Waals surface area contributed by atoms with Crippen molar-refractivity contribution in [2.75, 3.05) is 19.7 Å². The van der Waals surface area contributed by atoms with Crippen molar-refractivity contribution >= 4 is 5.97 Å². The molecule has 71 valence electrons. The van der Waals surface area contributed by atoms with E-state index in [1.807, 2.05) is 0 Å². The molecule has 1 aliphatic heterocycles. The molecule has 1 radical (unpaired) electrons. The van der Waals surface area contributed by atoms with Crippen LogP contribution in [0.1, 0.15) is 20.3 Å². The molecule has 1 rings (SSSR count). The van der Waals surface area contributed by atoms with E-state index in [-0.39, 0.29) is 6.42 Å². The Labute approximate surface area is 72.9 Å². The summed E-state index contributed by atoms with van der Waals surface area (Å²) in [5.74, 6) is -0.995. The van der Waals surface area contributed by atoms with Gasteiger partial charge in [-0.25, -0.2) is 9.90 Å². The molecular formula is C8H16NO3. The molecule has 1 fully saturated rings. The molecule has 0 unspecified atom stereocenters. The number of hydrogen-bond donors (Lipinski definition) is 1. The summed E-state index contributed by atoms with van der Waals surface area (Å²) in [6.07, 6.45) is 0.536. The molecule has 0 amide bonds. The number of carbonyl (C=O) groups is 1. The van der Waals surface area contributed by atoms with Crippen molar-refractivity contribution in [1.82, 2.24) is 5.32 Å². The zero-order valence-electron chi connectivity index (χ0n) is 7.63. The summed E-state index contributed by atoms with van der Waals surface area (Å²) in [4.78, 5) is 9.26. The normalized spacial score (nSPS) is 22.3. The van der Waals surface area contributed by atoms with Crippen LogP contribution in [0.5, 0.6) is 0 Å². The van der Waals surface area contributed by atoms with E-state index >= 15 is 0 Å². The molecule has 0 bridgehead atoms. The lowest BCUT2D eigenvalue weighted by molar-refractivity contribution is -0.142. The molecule has 1 saturated heterocycles. The lowest BCUT2D eigenvalue weighted by Gasteiger charge is -2.18. The van der Waals surface area contributed by atoms with E-state index < -0.39 is 5.97 Å². The van der Waals surface area contributed by atoms with Gasteiger partial charge in [-0.3, -0.25) is 0 Å². The Morgan fingerprint density at radius 1 is 1.67 bits per heavy atom. The van der Waals surface area contributed by atoms with Gasteiger partial charge >= 0.3 is 5.97 Å². The fourth-order valence-electron chi connectivity index (χ4n) is 0.697. The second-order valence-electron chi connectivity index (χ2n) is 2.61. The van der Waals surface area contributed by atoms with E-state index in [0.29, 0.717) is 6.10 Å². The summed E-state index contributed by atoms with van der Waals surface area (Å²) in [5.41, 5.74) is 0. The molecule has 1 aliphatic rings. The summed E-state index contributed by atoms with van der Waals surface area (Å²) >= 11 is 0. The first kappa shape index (κ1) is 11.4. The fourth-order valence-corrected chi connectivity index (χ4v) is 0.697. The quantitative estimate of drug-likeness (QED) is 0.624. The van der Waals surface area contributed by atoms with Crippen LogP contribution in [0, 0.1) is 0 Å². The Morgan fingerprint density at radius 2 is 2.25 bits per heavy atom. The number of hydrogen-bond acceptors (Lipinski definition) is 3. The summed E-state index contributed by atoms with van der Waals surface area (Å²) in [6, 6.07) is 0. The van der Waals surface area contributed by atoms with Gasteiger partial charge in [-0.05, 0) is 6.92 Å². The van der Waals surface area contributed by atoms with Gasteiger partial charge in [0.1, 0.15) is 0 Å². The maximum Gasteiger partial charge on any atom is 0.355 e. The summed E-state index contributed by atoms with van der Waals surface area (Å²) in [7, 11) is 0. The first-order chi connectivity index (χ1) is 5.66. The van der Waals surface area contributed by atoms with E-state index in [9.17, 15) is 9.90 Å². The van der Waals surface area contributed by atoms with Gasteiger partial charge < -0.3 is 10.1 Å². The Balaban J connectivity index is 0.000000217. The van der Waals surface area contributed by atoms with Crippen LogP contribution in [-0.4, -0.2) is 31.8 Å². The van der Waals surface area contributed by atoms with E-state index in [1.165, 1.54) is 6.92 Å². The van der Waals surface area contributed by atoms with Crippen LogP contribution in [0.3, 0.4) is 0 Å². The van der Waals surface area contributed by atoms with Crippen molar-refractivity contribution in [1.29, 1.82) is 0 Å². The van der Waals surface area contributed by atoms with E-state index in [2.05, 4.69) is 12.2 Å². The fraction of sp³-hybridized carbons (Fsp3) is 0.875. The maximum absolute atomic E-state index is 9.26. The standard InChI is InChI=1S/C5H11NO.C3H5O2/c1-5-4-6-2-3-7-5;1-2-3(4)5/h5-6H,2-4H2,1H3;2H2,1H3/t5-;/m0./s1. The van der Waals surface area contributed by atoms with Gasteiger partial charge in [0.05, 0.1) is 12.7 Å². The highest BCUT2D eigenvalue weighted by molar-refractivity contribution is 5.65. The van der Waals surface area contributed by atoms with Gasteiger partial charge in [-0.15, -0.1) is 0 Å². The Bertz CT molecular complexity index is 121. The van der Waals surface area contributed by atoms with Crippen molar-refractivity contribution < 1.29 is 14.6 Å². The van der Waals surface area contributed by atoms with Crippen molar-refractivity contribution in [2.24, 2.45) is 0 Å². The predicted octanol–water partition coefficient (Wildman–Crippen LogP) is 0.348. The van der Waals surface area contributed by atoms with E-state index in [0.717, 1.165) is 19.7 Å². The molecule has 4 heteroatoms. The number of rotatable bonds is 1. The van der Waals surface area contributed by atoms with E-state index in [1.54, 1.807) is 0 Å². The molecule has 1 heterocycles. The molecule has 0 aliphatic carbocycles. The average molecular weight is 174 g/mol. The van der Waals surface area contributed by atoms with Gasteiger partial charge in [-0.1, -0.05) is 6.92 Å². The van der Waals surface area contributed by atoms with Crippen LogP contribution in [-0.2, 0) is 14.6 Å². The lowest BCUT2D eigenvalue weighted by Crippen LogP contribution is -2.36. The Hall–Kier alpha value is -0.610. The summed E-state index contributed by atoms with van der Waals surface area (Å²) in [6.45, 7) is 6.52. The third-order valence-corrected chi connectivity index (χ3v) is 1.40.